The molecule has 1 aliphatic heterocycles. The molecule has 0 N–H and O–H groups in total. The van der Waals surface area contributed by atoms with E-state index in [4.69, 9.17) is 4.74 Å². The van der Waals surface area contributed by atoms with Gasteiger partial charge < -0.3 is 4.74 Å². The van der Waals surface area contributed by atoms with Gasteiger partial charge in [0, 0.05) is 6.92 Å². The number of fused-ring (bicyclic) bond motifs is 1. The number of rotatable bonds is 4. The minimum Gasteiger partial charge on any atom is -0.495 e. The number of methoxy groups -OCH3 is 1. The maximum Gasteiger partial charge on any atom is 0.234 e. The normalized spacial score (nSPS) is 25.7. The Bertz CT molecular complexity index is 702. The molecule has 1 saturated heterocycles. The van der Waals surface area contributed by atoms with E-state index in [-0.39, 0.29) is 36.2 Å². The molecule has 6 heteroatoms. The quantitative estimate of drug-likeness (QED) is 0.787. The van der Waals surface area contributed by atoms with Gasteiger partial charge in [0.2, 0.25) is 17.7 Å². The number of likely N-dealkylation sites (tertiary alicyclic amines) is 1. The van der Waals surface area contributed by atoms with Crippen LogP contribution in [0, 0.1) is 17.8 Å². The van der Waals surface area contributed by atoms with Crippen LogP contribution in [-0.4, -0.2) is 36.4 Å². The first-order valence-corrected chi connectivity index (χ1v) is 8.70. The number of carbonyl (C=O) groups is 3. The van der Waals surface area contributed by atoms with Gasteiger partial charge in [-0.05, 0) is 37.3 Å². The van der Waals surface area contributed by atoms with E-state index in [0.29, 0.717) is 17.4 Å². The van der Waals surface area contributed by atoms with Crippen LogP contribution in [-0.2, 0) is 14.4 Å². The van der Waals surface area contributed by atoms with Gasteiger partial charge in [-0.25, -0.2) is 0 Å². The number of imide groups is 1. The summed E-state index contributed by atoms with van der Waals surface area (Å²) in [5.74, 6) is -0.0177. The van der Waals surface area contributed by atoms with Gasteiger partial charge in [0.15, 0.2) is 0 Å². The van der Waals surface area contributed by atoms with Gasteiger partial charge in [0.05, 0.1) is 24.6 Å². The molecule has 1 heterocycles. The second-order valence-corrected chi connectivity index (χ2v) is 7.00. The zero-order valence-corrected chi connectivity index (χ0v) is 14.9. The third-order valence-electron chi connectivity index (χ3n) is 5.32. The van der Waals surface area contributed by atoms with E-state index in [2.05, 4.69) is 6.92 Å². The zero-order valence-electron chi connectivity index (χ0n) is 14.9. The Labute approximate surface area is 147 Å². The molecule has 3 rings (SSSR count). The van der Waals surface area contributed by atoms with Crippen LogP contribution in [0.1, 0.15) is 33.1 Å². The summed E-state index contributed by atoms with van der Waals surface area (Å²) in [5, 5.41) is 0. The lowest BCUT2D eigenvalue weighted by atomic mass is 9.76. The first-order chi connectivity index (χ1) is 11.9. The largest absolute Gasteiger partial charge is 0.495 e. The Kier molecular flexibility index (Phi) is 4.79. The minimum absolute atomic E-state index is 0.0608. The number of ether oxygens (including phenoxy) is 1. The van der Waals surface area contributed by atoms with E-state index >= 15 is 0 Å². The second kappa shape index (κ2) is 6.86. The highest BCUT2D eigenvalue weighted by molar-refractivity contribution is 6.06. The Morgan fingerprint density at radius 1 is 1.20 bits per heavy atom. The highest BCUT2D eigenvalue weighted by atomic mass is 16.5. The van der Waals surface area contributed by atoms with Crippen LogP contribution in [0.15, 0.2) is 24.3 Å². The Morgan fingerprint density at radius 3 is 2.56 bits per heavy atom. The average Bonchev–Trinajstić information content (AvgIpc) is 2.83. The van der Waals surface area contributed by atoms with Gasteiger partial charge in [-0.3, -0.25) is 24.2 Å². The van der Waals surface area contributed by atoms with Crippen molar-refractivity contribution in [2.24, 2.45) is 17.8 Å². The fraction of sp³-hybridized carbons (Fsp3) is 0.526. The first-order valence-electron chi connectivity index (χ1n) is 8.70. The number of benzene rings is 1. The highest BCUT2D eigenvalue weighted by Gasteiger charge is 2.50. The first kappa shape index (κ1) is 17.5. The van der Waals surface area contributed by atoms with Crippen LogP contribution < -0.4 is 9.64 Å². The van der Waals surface area contributed by atoms with Crippen molar-refractivity contribution >= 4 is 23.4 Å². The molecule has 1 aromatic carbocycles. The molecule has 6 nitrogen and oxygen atoms in total. The smallest absolute Gasteiger partial charge is 0.234 e. The van der Waals surface area contributed by atoms with Crippen LogP contribution in [0.5, 0.6) is 5.75 Å². The molecule has 1 aliphatic carbocycles. The van der Waals surface area contributed by atoms with E-state index < -0.39 is 0 Å². The highest BCUT2D eigenvalue weighted by Crippen LogP contribution is 2.41. The molecule has 2 aliphatic rings. The Balaban J connectivity index is 1.87. The van der Waals surface area contributed by atoms with Crippen LogP contribution >= 0.6 is 0 Å². The predicted molar refractivity (Wildman–Crippen MR) is 92.9 cm³/mol. The summed E-state index contributed by atoms with van der Waals surface area (Å²) in [4.78, 5) is 40.4. The molecular weight excluding hydrogens is 320 g/mol. The summed E-state index contributed by atoms with van der Waals surface area (Å²) in [6, 6.07) is 7.10. The van der Waals surface area contributed by atoms with Gasteiger partial charge in [-0.1, -0.05) is 19.1 Å². The third kappa shape index (κ3) is 3.13. The molecule has 3 amide bonds. The van der Waals surface area contributed by atoms with E-state index in [9.17, 15) is 14.4 Å². The molecule has 3 atom stereocenters. The topological polar surface area (TPSA) is 66.9 Å². The molecule has 0 radical (unpaired) electrons. The maximum atomic E-state index is 12.8. The van der Waals surface area contributed by atoms with Crippen LogP contribution in [0.3, 0.4) is 0 Å². The van der Waals surface area contributed by atoms with Gasteiger partial charge in [-0.15, -0.1) is 0 Å². The lowest BCUT2D eigenvalue weighted by Crippen LogP contribution is -2.44. The summed E-state index contributed by atoms with van der Waals surface area (Å²) in [6.07, 6.45) is 2.47. The molecule has 0 unspecified atom stereocenters. The number of anilines is 1. The molecule has 1 aromatic rings. The van der Waals surface area contributed by atoms with Gasteiger partial charge >= 0.3 is 0 Å². The van der Waals surface area contributed by atoms with Gasteiger partial charge in [-0.2, -0.15) is 0 Å². The van der Waals surface area contributed by atoms with Crippen molar-refractivity contribution in [3.63, 3.8) is 0 Å². The molecule has 0 bridgehead atoms. The number of hydrogen-bond donors (Lipinski definition) is 0. The lowest BCUT2D eigenvalue weighted by molar-refractivity contribution is -0.140. The molecule has 1 saturated carbocycles. The lowest BCUT2D eigenvalue weighted by Gasteiger charge is -2.27. The standard InChI is InChI=1S/C19H24N2O4/c1-12-8-9-14-15(10-12)19(24)21(18(14)23)11-20(13(2)22)16-6-4-5-7-17(16)25-3/h4-7,12,14-15H,8-11H2,1-3H3/t12-,14+,15-/m1/s1. The van der Waals surface area contributed by atoms with E-state index in [1.807, 2.05) is 6.07 Å². The van der Waals surface area contributed by atoms with Crippen molar-refractivity contribution in [2.75, 3.05) is 18.7 Å². The predicted octanol–water partition coefficient (Wildman–Crippen LogP) is 2.43. The Morgan fingerprint density at radius 2 is 1.88 bits per heavy atom. The van der Waals surface area contributed by atoms with E-state index in [1.54, 1.807) is 18.2 Å². The van der Waals surface area contributed by atoms with E-state index in [1.165, 1.54) is 23.8 Å². The average molecular weight is 344 g/mol. The summed E-state index contributed by atoms with van der Waals surface area (Å²) >= 11 is 0. The number of para-hydroxylation sites is 2. The number of nitrogens with zero attached hydrogens (tertiary/aromatic N) is 2. The van der Waals surface area contributed by atoms with Gasteiger partial charge in [0.25, 0.3) is 0 Å². The van der Waals surface area contributed by atoms with Crippen molar-refractivity contribution in [2.45, 2.75) is 33.1 Å². The molecular formula is C19H24N2O4. The molecule has 2 fully saturated rings. The van der Waals surface area contributed by atoms with Gasteiger partial charge in [0.1, 0.15) is 12.4 Å². The van der Waals surface area contributed by atoms with Crippen molar-refractivity contribution < 1.29 is 19.1 Å². The number of amides is 3. The number of carbonyl (C=O) groups excluding carboxylic acids is 3. The summed E-state index contributed by atoms with van der Waals surface area (Å²) < 4.78 is 5.32. The third-order valence-corrected chi connectivity index (χ3v) is 5.32. The second-order valence-electron chi connectivity index (χ2n) is 7.00. The van der Waals surface area contributed by atoms with Crippen molar-refractivity contribution in [1.82, 2.24) is 4.90 Å². The SMILES string of the molecule is COc1ccccc1N(CN1C(=O)[C@H]2CC[C@@H](C)C[C@H]2C1=O)C(C)=O. The summed E-state index contributed by atoms with van der Waals surface area (Å²) in [5.41, 5.74) is 0.557. The summed E-state index contributed by atoms with van der Waals surface area (Å²) in [7, 11) is 1.53. The molecule has 25 heavy (non-hydrogen) atoms. The van der Waals surface area contributed by atoms with Crippen molar-refractivity contribution in [3.05, 3.63) is 24.3 Å². The minimum atomic E-state index is -0.242. The van der Waals surface area contributed by atoms with Crippen LogP contribution in [0.4, 0.5) is 5.69 Å². The van der Waals surface area contributed by atoms with Crippen molar-refractivity contribution in [3.8, 4) is 5.75 Å². The van der Waals surface area contributed by atoms with Crippen LogP contribution in [0.25, 0.3) is 0 Å². The zero-order chi connectivity index (χ0) is 18.1. The fourth-order valence-corrected chi connectivity index (χ4v) is 3.94. The fourth-order valence-electron chi connectivity index (χ4n) is 3.94. The van der Waals surface area contributed by atoms with E-state index in [0.717, 1.165) is 19.3 Å². The molecule has 0 spiro atoms. The molecule has 0 aromatic heterocycles. The van der Waals surface area contributed by atoms with Crippen LogP contribution in [0.2, 0.25) is 0 Å². The number of hydrogen-bond acceptors (Lipinski definition) is 4. The maximum absolute atomic E-state index is 12.8. The van der Waals surface area contributed by atoms with Crippen molar-refractivity contribution in [1.29, 1.82) is 0 Å². The Hall–Kier alpha value is -2.37. The molecule has 134 valence electrons. The monoisotopic (exact) mass is 344 g/mol. The summed E-state index contributed by atoms with van der Waals surface area (Å²) in [6.45, 7) is 3.48.